The molecule has 2 aromatic rings. The number of benzene rings is 1. The molecule has 1 aromatic carbocycles. The summed E-state index contributed by atoms with van der Waals surface area (Å²) >= 11 is 0. The number of aromatic nitrogens is 2. The summed E-state index contributed by atoms with van der Waals surface area (Å²) in [6, 6.07) is 5.12. The Kier molecular flexibility index (Phi) is 3.47. The fourth-order valence-corrected chi connectivity index (χ4v) is 1.58. The van der Waals surface area contributed by atoms with Gasteiger partial charge < -0.3 is 15.8 Å². The number of nitrogens with one attached hydrogen (secondary N) is 2. The lowest BCUT2D eigenvalue weighted by atomic mass is 10.1. The Bertz CT molecular complexity index is 537. The maximum atomic E-state index is 12.1. The van der Waals surface area contributed by atoms with Gasteiger partial charge in [-0.05, 0) is 19.1 Å². The van der Waals surface area contributed by atoms with Crippen molar-refractivity contribution in [3.8, 4) is 5.75 Å². The van der Waals surface area contributed by atoms with Crippen LogP contribution < -0.4 is 15.8 Å². The lowest BCUT2D eigenvalue weighted by Crippen LogP contribution is -2.15. The fourth-order valence-electron chi connectivity index (χ4n) is 1.58. The second-order valence-corrected chi connectivity index (χ2v) is 3.59. The molecule has 0 fully saturated rings. The molecule has 0 saturated carbocycles. The Hall–Kier alpha value is -2.50. The van der Waals surface area contributed by atoms with Gasteiger partial charge in [0, 0.05) is 11.9 Å². The molecule has 18 heavy (non-hydrogen) atoms. The Balaban J connectivity index is 2.28. The molecule has 1 aromatic heterocycles. The molecule has 0 aliphatic rings. The SMILES string of the molecule is CCOc1cccc(N)c1C(=O)Nc1cn[nH]c1. The number of anilines is 2. The third kappa shape index (κ3) is 2.42. The summed E-state index contributed by atoms with van der Waals surface area (Å²) in [4.78, 5) is 12.1. The van der Waals surface area contributed by atoms with E-state index in [0.717, 1.165) is 0 Å². The average Bonchev–Trinajstić information content (AvgIpc) is 2.82. The van der Waals surface area contributed by atoms with E-state index in [9.17, 15) is 4.79 Å². The van der Waals surface area contributed by atoms with Crippen LogP contribution in [0.5, 0.6) is 5.75 Å². The number of H-pyrrole nitrogens is 1. The van der Waals surface area contributed by atoms with Gasteiger partial charge in [-0.3, -0.25) is 9.89 Å². The van der Waals surface area contributed by atoms with Crippen LogP contribution in [0.15, 0.2) is 30.6 Å². The van der Waals surface area contributed by atoms with Crippen LogP contribution >= 0.6 is 0 Å². The molecule has 0 unspecified atom stereocenters. The number of nitrogens with two attached hydrogens (primary N) is 1. The van der Waals surface area contributed by atoms with Gasteiger partial charge in [-0.1, -0.05) is 6.07 Å². The van der Waals surface area contributed by atoms with E-state index >= 15 is 0 Å². The van der Waals surface area contributed by atoms with Crippen LogP contribution in [0.25, 0.3) is 0 Å². The smallest absolute Gasteiger partial charge is 0.261 e. The molecule has 0 aliphatic heterocycles. The zero-order chi connectivity index (χ0) is 13.0. The maximum absolute atomic E-state index is 12.1. The molecule has 94 valence electrons. The van der Waals surface area contributed by atoms with E-state index in [1.165, 1.54) is 6.20 Å². The van der Waals surface area contributed by atoms with Crippen LogP contribution in [0, 0.1) is 0 Å². The van der Waals surface area contributed by atoms with Gasteiger partial charge in [0.2, 0.25) is 0 Å². The standard InChI is InChI=1S/C12H14N4O2/c1-2-18-10-5-3-4-9(13)11(10)12(17)16-8-6-14-15-7-8/h3-7H,2,13H2,1H3,(H,14,15)(H,16,17). The van der Waals surface area contributed by atoms with Crippen molar-refractivity contribution in [2.45, 2.75) is 6.92 Å². The fraction of sp³-hybridized carbons (Fsp3) is 0.167. The Labute approximate surface area is 104 Å². The van der Waals surface area contributed by atoms with Crippen molar-refractivity contribution >= 4 is 17.3 Å². The lowest BCUT2D eigenvalue weighted by molar-refractivity contribution is 0.102. The van der Waals surface area contributed by atoms with Gasteiger partial charge >= 0.3 is 0 Å². The lowest BCUT2D eigenvalue weighted by Gasteiger charge is -2.11. The highest BCUT2D eigenvalue weighted by molar-refractivity contribution is 6.09. The quantitative estimate of drug-likeness (QED) is 0.715. The molecule has 1 amide bonds. The van der Waals surface area contributed by atoms with Crippen molar-refractivity contribution in [1.29, 1.82) is 0 Å². The monoisotopic (exact) mass is 246 g/mol. The molecule has 0 aliphatic carbocycles. The highest BCUT2D eigenvalue weighted by atomic mass is 16.5. The zero-order valence-electron chi connectivity index (χ0n) is 9.93. The van der Waals surface area contributed by atoms with E-state index in [2.05, 4.69) is 15.5 Å². The number of hydrogen-bond donors (Lipinski definition) is 3. The van der Waals surface area contributed by atoms with Crippen LogP contribution in [0.3, 0.4) is 0 Å². The maximum Gasteiger partial charge on any atom is 0.261 e. The minimum Gasteiger partial charge on any atom is -0.493 e. The van der Waals surface area contributed by atoms with Crippen molar-refractivity contribution in [3.63, 3.8) is 0 Å². The normalized spacial score (nSPS) is 10.1. The number of aromatic amines is 1. The van der Waals surface area contributed by atoms with E-state index in [1.807, 2.05) is 6.92 Å². The molecule has 2 rings (SSSR count). The molecule has 6 nitrogen and oxygen atoms in total. The van der Waals surface area contributed by atoms with E-state index in [0.29, 0.717) is 29.3 Å². The van der Waals surface area contributed by atoms with Crippen LogP contribution in [0.2, 0.25) is 0 Å². The van der Waals surface area contributed by atoms with Gasteiger partial charge in [-0.25, -0.2) is 0 Å². The Morgan fingerprint density at radius 1 is 1.56 bits per heavy atom. The predicted octanol–water partition coefficient (Wildman–Crippen LogP) is 1.64. The van der Waals surface area contributed by atoms with E-state index in [1.54, 1.807) is 24.4 Å². The molecule has 0 bridgehead atoms. The van der Waals surface area contributed by atoms with Crippen molar-refractivity contribution < 1.29 is 9.53 Å². The van der Waals surface area contributed by atoms with Crippen LogP contribution in [0.4, 0.5) is 11.4 Å². The van der Waals surface area contributed by atoms with Crippen molar-refractivity contribution in [2.75, 3.05) is 17.7 Å². The number of amides is 1. The van der Waals surface area contributed by atoms with Gasteiger partial charge in [0.1, 0.15) is 11.3 Å². The van der Waals surface area contributed by atoms with Crippen LogP contribution in [0.1, 0.15) is 17.3 Å². The number of nitrogen functional groups attached to an aromatic ring is 1. The molecular formula is C12H14N4O2. The second-order valence-electron chi connectivity index (χ2n) is 3.59. The highest BCUT2D eigenvalue weighted by Crippen LogP contribution is 2.25. The van der Waals surface area contributed by atoms with Crippen molar-refractivity contribution in [3.05, 3.63) is 36.2 Å². The topological polar surface area (TPSA) is 93.0 Å². The van der Waals surface area contributed by atoms with E-state index in [4.69, 9.17) is 10.5 Å². The first kappa shape index (κ1) is 12.0. The number of ether oxygens (including phenoxy) is 1. The molecule has 6 heteroatoms. The second kappa shape index (κ2) is 5.22. The third-order valence-corrected chi connectivity index (χ3v) is 2.34. The Morgan fingerprint density at radius 2 is 2.39 bits per heavy atom. The predicted molar refractivity (Wildman–Crippen MR) is 68.6 cm³/mol. The third-order valence-electron chi connectivity index (χ3n) is 2.34. The molecule has 0 spiro atoms. The summed E-state index contributed by atoms with van der Waals surface area (Å²) in [5, 5.41) is 9.05. The summed E-state index contributed by atoms with van der Waals surface area (Å²) in [6.45, 7) is 2.32. The summed E-state index contributed by atoms with van der Waals surface area (Å²) in [5.41, 5.74) is 7.10. The molecule has 4 N–H and O–H groups in total. The number of carbonyl (C=O) groups is 1. The first-order chi connectivity index (χ1) is 8.72. The van der Waals surface area contributed by atoms with Gasteiger partial charge in [-0.15, -0.1) is 0 Å². The molecule has 0 radical (unpaired) electrons. The first-order valence-corrected chi connectivity index (χ1v) is 5.53. The molecule has 0 saturated heterocycles. The van der Waals surface area contributed by atoms with Gasteiger partial charge in [0.15, 0.2) is 0 Å². The molecule has 0 atom stereocenters. The minimum absolute atomic E-state index is 0.321. The number of rotatable bonds is 4. The highest BCUT2D eigenvalue weighted by Gasteiger charge is 2.16. The summed E-state index contributed by atoms with van der Waals surface area (Å²) in [5.74, 6) is 0.149. The van der Waals surface area contributed by atoms with Gasteiger partial charge in [0.05, 0.1) is 18.5 Å². The molecular weight excluding hydrogens is 232 g/mol. The number of hydrogen-bond acceptors (Lipinski definition) is 4. The zero-order valence-corrected chi connectivity index (χ0v) is 9.93. The van der Waals surface area contributed by atoms with Crippen molar-refractivity contribution in [1.82, 2.24) is 10.2 Å². The average molecular weight is 246 g/mol. The van der Waals surface area contributed by atoms with E-state index in [-0.39, 0.29) is 5.91 Å². The van der Waals surface area contributed by atoms with Gasteiger partial charge in [0.25, 0.3) is 5.91 Å². The Morgan fingerprint density at radius 3 is 3.06 bits per heavy atom. The van der Waals surface area contributed by atoms with Crippen LogP contribution in [-0.4, -0.2) is 22.7 Å². The van der Waals surface area contributed by atoms with Crippen LogP contribution in [-0.2, 0) is 0 Å². The first-order valence-electron chi connectivity index (χ1n) is 5.53. The minimum atomic E-state index is -0.321. The largest absolute Gasteiger partial charge is 0.493 e. The summed E-state index contributed by atoms with van der Waals surface area (Å²) < 4.78 is 5.39. The number of nitrogens with zero attached hydrogens (tertiary/aromatic N) is 1. The van der Waals surface area contributed by atoms with Gasteiger partial charge in [-0.2, -0.15) is 5.10 Å². The summed E-state index contributed by atoms with van der Waals surface area (Å²) in [7, 11) is 0. The number of carbonyl (C=O) groups excluding carboxylic acids is 1. The summed E-state index contributed by atoms with van der Waals surface area (Å²) in [6.07, 6.45) is 3.09. The molecule has 1 heterocycles. The van der Waals surface area contributed by atoms with Crippen molar-refractivity contribution in [2.24, 2.45) is 0 Å². The van der Waals surface area contributed by atoms with E-state index < -0.39 is 0 Å².